The standard InChI is InChI=1S/C15H22ClN3/c1-3-4-9-19(12-7-8-12)15-10(2)13(16)17-14(18-15)11-5-6-11/h11-12H,3-9H2,1-2H3. The van der Waals surface area contributed by atoms with Gasteiger partial charge >= 0.3 is 0 Å². The molecule has 0 bridgehead atoms. The predicted octanol–water partition coefficient (Wildman–Crippen LogP) is 4.08. The number of aromatic nitrogens is 2. The van der Waals surface area contributed by atoms with E-state index in [-0.39, 0.29) is 0 Å². The SMILES string of the molecule is CCCCN(c1nc(C2CC2)nc(Cl)c1C)C1CC1. The van der Waals surface area contributed by atoms with Gasteiger partial charge in [0.25, 0.3) is 0 Å². The second kappa shape index (κ2) is 5.28. The van der Waals surface area contributed by atoms with E-state index in [1.807, 2.05) is 0 Å². The number of hydrogen-bond acceptors (Lipinski definition) is 3. The molecule has 3 rings (SSSR count). The molecule has 0 spiro atoms. The minimum absolute atomic E-state index is 0.559. The summed E-state index contributed by atoms with van der Waals surface area (Å²) in [6.45, 7) is 5.38. The minimum atomic E-state index is 0.559. The number of rotatable bonds is 6. The molecule has 2 fully saturated rings. The van der Waals surface area contributed by atoms with Gasteiger partial charge in [-0.15, -0.1) is 0 Å². The van der Waals surface area contributed by atoms with Crippen LogP contribution in [-0.4, -0.2) is 22.6 Å². The molecule has 0 aliphatic heterocycles. The zero-order valence-corrected chi connectivity index (χ0v) is 12.6. The van der Waals surface area contributed by atoms with Crippen LogP contribution in [0.5, 0.6) is 0 Å². The van der Waals surface area contributed by atoms with Gasteiger partial charge in [-0.25, -0.2) is 9.97 Å². The first kappa shape index (κ1) is 13.2. The van der Waals surface area contributed by atoms with E-state index < -0.39 is 0 Å². The van der Waals surface area contributed by atoms with Crippen molar-refractivity contribution in [3.8, 4) is 0 Å². The summed E-state index contributed by atoms with van der Waals surface area (Å²) < 4.78 is 0. The molecular weight excluding hydrogens is 258 g/mol. The van der Waals surface area contributed by atoms with E-state index in [2.05, 4.69) is 23.7 Å². The average molecular weight is 280 g/mol. The molecule has 1 aromatic rings. The van der Waals surface area contributed by atoms with Gasteiger partial charge in [-0.2, -0.15) is 0 Å². The van der Waals surface area contributed by atoms with E-state index in [9.17, 15) is 0 Å². The van der Waals surface area contributed by atoms with Gasteiger partial charge in [-0.1, -0.05) is 24.9 Å². The van der Waals surface area contributed by atoms with Crippen molar-refractivity contribution < 1.29 is 0 Å². The van der Waals surface area contributed by atoms with Crippen LogP contribution >= 0.6 is 11.6 Å². The Hall–Kier alpha value is -0.830. The van der Waals surface area contributed by atoms with Gasteiger partial charge in [-0.3, -0.25) is 0 Å². The van der Waals surface area contributed by atoms with E-state index in [0.29, 0.717) is 17.1 Å². The molecule has 0 amide bonds. The summed E-state index contributed by atoms with van der Waals surface area (Å²) in [5, 5.41) is 0.647. The average Bonchev–Trinajstić information content (AvgIpc) is 3.27. The Balaban J connectivity index is 1.91. The molecule has 3 nitrogen and oxygen atoms in total. The summed E-state index contributed by atoms with van der Waals surface area (Å²) in [6.07, 6.45) is 7.47. The van der Waals surface area contributed by atoms with Crippen molar-refractivity contribution in [2.24, 2.45) is 0 Å². The quantitative estimate of drug-likeness (QED) is 0.735. The third-order valence-electron chi connectivity index (χ3n) is 4.03. The highest BCUT2D eigenvalue weighted by Gasteiger charge is 2.33. The Morgan fingerprint density at radius 1 is 1.21 bits per heavy atom. The highest BCUT2D eigenvalue weighted by molar-refractivity contribution is 6.30. The Morgan fingerprint density at radius 3 is 2.53 bits per heavy atom. The molecule has 0 aromatic carbocycles. The van der Waals surface area contributed by atoms with E-state index in [0.717, 1.165) is 23.8 Å². The fourth-order valence-electron chi connectivity index (χ4n) is 2.47. The number of halogens is 1. The molecule has 0 N–H and O–H groups in total. The molecule has 0 radical (unpaired) electrons. The smallest absolute Gasteiger partial charge is 0.137 e. The second-order valence-electron chi connectivity index (χ2n) is 5.87. The van der Waals surface area contributed by atoms with Crippen molar-refractivity contribution in [2.75, 3.05) is 11.4 Å². The van der Waals surface area contributed by atoms with Crippen LogP contribution in [0.4, 0.5) is 5.82 Å². The van der Waals surface area contributed by atoms with Crippen LogP contribution in [0.25, 0.3) is 0 Å². The van der Waals surface area contributed by atoms with Gasteiger partial charge in [0.1, 0.15) is 16.8 Å². The minimum Gasteiger partial charge on any atom is -0.353 e. The van der Waals surface area contributed by atoms with Crippen LogP contribution in [0.3, 0.4) is 0 Å². The first-order valence-electron chi connectivity index (χ1n) is 7.51. The normalized spacial score (nSPS) is 18.7. The number of unbranched alkanes of at least 4 members (excludes halogenated alkanes) is 1. The topological polar surface area (TPSA) is 29.0 Å². The van der Waals surface area contributed by atoms with Crippen LogP contribution in [0, 0.1) is 6.92 Å². The Morgan fingerprint density at radius 2 is 1.95 bits per heavy atom. The van der Waals surface area contributed by atoms with Crippen LogP contribution in [-0.2, 0) is 0 Å². The van der Waals surface area contributed by atoms with Gasteiger partial charge in [-0.05, 0) is 39.0 Å². The molecule has 4 heteroatoms. The van der Waals surface area contributed by atoms with Crippen LogP contribution in [0.2, 0.25) is 5.15 Å². The molecular formula is C15H22ClN3. The maximum atomic E-state index is 6.32. The van der Waals surface area contributed by atoms with Gasteiger partial charge in [0.2, 0.25) is 0 Å². The molecule has 19 heavy (non-hydrogen) atoms. The molecule has 0 saturated heterocycles. The summed E-state index contributed by atoms with van der Waals surface area (Å²) in [7, 11) is 0. The van der Waals surface area contributed by atoms with Crippen molar-refractivity contribution in [3.05, 3.63) is 16.5 Å². The molecule has 0 atom stereocenters. The monoisotopic (exact) mass is 279 g/mol. The van der Waals surface area contributed by atoms with Gasteiger partial charge < -0.3 is 4.90 Å². The van der Waals surface area contributed by atoms with Crippen molar-refractivity contribution in [1.82, 2.24) is 9.97 Å². The van der Waals surface area contributed by atoms with Gasteiger partial charge in [0.05, 0.1) is 0 Å². The summed E-state index contributed by atoms with van der Waals surface area (Å²) >= 11 is 6.32. The lowest BCUT2D eigenvalue weighted by Crippen LogP contribution is -2.29. The van der Waals surface area contributed by atoms with Crippen LogP contribution in [0.15, 0.2) is 0 Å². The highest BCUT2D eigenvalue weighted by Crippen LogP contribution is 2.41. The van der Waals surface area contributed by atoms with E-state index in [1.165, 1.54) is 38.5 Å². The maximum Gasteiger partial charge on any atom is 0.137 e. The van der Waals surface area contributed by atoms with Crippen molar-refractivity contribution in [3.63, 3.8) is 0 Å². The van der Waals surface area contributed by atoms with E-state index >= 15 is 0 Å². The van der Waals surface area contributed by atoms with Gasteiger partial charge in [0, 0.05) is 24.1 Å². The lowest BCUT2D eigenvalue weighted by molar-refractivity contribution is 0.697. The van der Waals surface area contributed by atoms with Gasteiger partial charge in [0.15, 0.2) is 0 Å². The Kier molecular flexibility index (Phi) is 3.66. The summed E-state index contributed by atoms with van der Waals surface area (Å²) in [6, 6.07) is 0.684. The fourth-order valence-corrected chi connectivity index (χ4v) is 2.64. The predicted molar refractivity (Wildman–Crippen MR) is 79.0 cm³/mol. The third-order valence-corrected chi connectivity index (χ3v) is 4.40. The number of anilines is 1. The lowest BCUT2D eigenvalue weighted by Gasteiger charge is -2.25. The van der Waals surface area contributed by atoms with Crippen LogP contribution < -0.4 is 4.90 Å². The molecule has 1 aromatic heterocycles. The van der Waals surface area contributed by atoms with Crippen LogP contribution in [0.1, 0.15) is 62.8 Å². The zero-order valence-electron chi connectivity index (χ0n) is 11.8. The molecule has 1 heterocycles. The highest BCUT2D eigenvalue weighted by atomic mass is 35.5. The zero-order chi connectivity index (χ0) is 13.4. The summed E-state index contributed by atoms with van der Waals surface area (Å²) in [4.78, 5) is 11.8. The molecule has 2 aliphatic rings. The summed E-state index contributed by atoms with van der Waals surface area (Å²) in [5.74, 6) is 2.62. The van der Waals surface area contributed by atoms with E-state index in [1.54, 1.807) is 0 Å². The second-order valence-corrected chi connectivity index (χ2v) is 6.23. The third kappa shape index (κ3) is 2.86. The first-order valence-corrected chi connectivity index (χ1v) is 7.89. The fraction of sp³-hybridized carbons (Fsp3) is 0.733. The Labute approximate surface area is 120 Å². The molecule has 0 unspecified atom stereocenters. The van der Waals surface area contributed by atoms with E-state index in [4.69, 9.17) is 16.6 Å². The largest absolute Gasteiger partial charge is 0.353 e. The molecule has 2 aliphatic carbocycles. The first-order chi connectivity index (χ1) is 9.20. The maximum absolute atomic E-state index is 6.32. The Bertz CT molecular complexity index is 467. The van der Waals surface area contributed by atoms with Crippen molar-refractivity contribution >= 4 is 17.4 Å². The lowest BCUT2D eigenvalue weighted by atomic mass is 10.2. The molecule has 2 saturated carbocycles. The van der Waals surface area contributed by atoms with Crippen molar-refractivity contribution in [1.29, 1.82) is 0 Å². The number of hydrogen-bond donors (Lipinski definition) is 0. The summed E-state index contributed by atoms with van der Waals surface area (Å²) in [5.41, 5.74) is 1.05. The van der Waals surface area contributed by atoms with Crippen molar-refractivity contribution in [2.45, 2.75) is 64.3 Å². The number of nitrogens with zero attached hydrogens (tertiary/aromatic N) is 3. The molecule has 104 valence electrons.